The molecule has 0 aromatic heterocycles. The van der Waals surface area contributed by atoms with Crippen LogP contribution in [-0.4, -0.2) is 41.8 Å². The van der Waals surface area contributed by atoms with E-state index in [9.17, 15) is 9.90 Å². The minimum absolute atomic E-state index is 0.0616. The number of likely N-dealkylation sites (tertiary alicyclic amines) is 1. The number of piperidine rings is 1. The lowest BCUT2D eigenvalue weighted by molar-refractivity contribution is 0.0437. The molecule has 1 aliphatic rings. The smallest absolute Gasteiger partial charge is 0.317 e. The quantitative estimate of drug-likeness (QED) is 0.623. The van der Waals surface area contributed by atoms with Crippen LogP contribution < -0.4 is 5.32 Å². The monoisotopic (exact) mass is 186 g/mol. The number of carbonyl (C=O) groups excluding carboxylic acids is 1. The summed E-state index contributed by atoms with van der Waals surface area (Å²) in [6.07, 6.45) is 0.523. The molecule has 2 unspecified atom stereocenters. The number of carbonyl (C=O) groups is 1. The van der Waals surface area contributed by atoms with Crippen LogP contribution in [0.3, 0.4) is 0 Å². The maximum atomic E-state index is 11.4. The molecule has 0 aromatic carbocycles. The van der Waals surface area contributed by atoms with Gasteiger partial charge in [0.05, 0.1) is 6.10 Å². The molecule has 0 aromatic rings. The van der Waals surface area contributed by atoms with Crippen molar-refractivity contribution in [2.24, 2.45) is 5.92 Å². The van der Waals surface area contributed by atoms with E-state index in [2.05, 4.69) is 5.32 Å². The van der Waals surface area contributed by atoms with Crippen LogP contribution in [0.4, 0.5) is 4.79 Å². The maximum Gasteiger partial charge on any atom is 0.317 e. The first-order valence-electron chi connectivity index (χ1n) is 4.86. The van der Waals surface area contributed by atoms with Crippen molar-refractivity contribution in [1.29, 1.82) is 0 Å². The van der Waals surface area contributed by atoms with E-state index in [4.69, 9.17) is 0 Å². The molecule has 1 aliphatic heterocycles. The number of urea groups is 1. The molecule has 1 heterocycles. The van der Waals surface area contributed by atoms with Gasteiger partial charge in [-0.2, -0.15) is 0 Å². The molecule has 0 bridgehead atoms. The highest BCUT2D eigenvalue weighted by molar-refractivity contribution is 5.74. The van der Waals surface area contributed by atoms with Gasteiger partial charge in [0.15, 0.2) is 0 Å². The van der Waals surface area contributed by atoms with Crippen molar-refractivity contribution in [2.45, 2.75) is 26.4 Å². The Labute approximate surface area is 78.9 Å². The molecule has 76 valence electrons. The van der Waals surface area contributed by atoms with Crippen LogP contribution in [0.1, 0.15) is 20.3 Å². The summed E-state index contributed by atoms with van der Waals surface area (Å²) in [4.78, 5) is 13.0. The van der Waals surface area contributed by atoms with Gasteiger partial charge >= 0.3 is 6.03 Å². The molecule has 4 nitrogen and oxygen atoms in total. The second-order valence-corrected chi connectivity index (χ2v) is 3.61. The van der Waals surface area contributed by atoms with E-state index < -0.39 is 0 Å². The highest BCUT2D eigenvalue weighted by Gasteiger charge is 2.26. The van der Waals surface area contributed by atoms with E-state index in [1.54, 1.807) is 4.90 Å². The lowest BCUT2D eigenvalue weighted by Crippen LogP contribution is -2.49. The van der Waals surface area contributed by atoms with Crippen LogP contribution in [0, 0.1) is 5.92 Å². The summed E-state index contributed by atoms with van der Waals surface area (Å²) in [6.45, 7) is 5.76. The molecule has 1 rings (SSSR count). The van der Waals surface area contributed by atoms with Crippen molar-refractivity contribution >= 4 is 6.03 Å². The fraction of sp³-hybridized carbons (Fsp3) is 0.889. The summed E-state index contributed by atoms with van der Waals surface area (Å²) in [5.41, 5.74) is 0. The summed E-state index contributed by atoms with van der Waals surface area (Å²) in [5.74, 6) is 0.311. The number of rotatable bonds is 1. The lowest BCUT2D eigenvalue weighted by Gasteiger charge is -2.34. The standard InChI is InChI=1S/C9H18N2O2/c1-3-10-9(13)11-5-4-7(2)8(12)6-11/h7-8,12H,3-6H2,1-2H3,(H,10,13). The SMILES string of the molecule is CCNC(=O)N1CCC(C)C(O)C1. The molecule has 4 heteroatoms. The number of hydrogen-bond acceptors (Lipinski definition) is 2. The molecule has 13 heavy (non-hydrogen) atoms. The summed E-state index contributed by atoms with van der Waals surface area (Å²) in [5, 5.41) is 12.3. The number of β-amino-alcohol motifs (C(OH)–C–C–N with tert-alkyl or cyclic N) is 1. The van der Waals surface area contributed by atoms with Crippen LogP contribution in [0.15, 0.2) is 0 Å². The van der Waals surface area contributed by atoms with Crippen LogP contribution >= 0.6 is 0 Å². The molecule has 0 saturated carbocycles. The van der Waals surface area contributed by atoms with E-state index >= 15 is 0 Å². The Bertz CT molecular complexity index is 184. The van der Waals surface area contributed by atoms with Crippen molar-refractivity contribution in [3.8, 4) is 0 Å². The normalized spacial score (nSPS) is 28.7. The van der Waals surface area contributed by atoms with E-state index in [1.807, 2.05) is 13.8 Å². The highest BCUT2D eigenvalue weighted by Crippen LogP contribution is 2.16. The van der Waals surface area contributed by atoms with Crippen molar-refractivity contribution in [3.05, 3.63) is 0 Å². The van der Waals surface area contributed by atoms with Gasteiger partial charge in [-0.05, 0) is 19.3 Å². The van der Waals surface area contributed by atoms with Crippen molar-refractivity contribution in [2.75, 3.05) is 19.6 Å². The molecule has 2 N–H and O–H groups in total. The predicted octanol–water partition coefficient (Wildman–Crippen LogP) is 0.419. The van der Waals surface area contributed by atoms with Gasteiger partial charge in [0.25, 0.3) is 0 Å². The molecule has 1 fully saturated rings. The van der Waals surface area contributed by atoms with Gasteiger partial charge in [0.1, 0.15) is 0 Å². The fourth-order valence-electron chi connectivity index (χ4n) is 1.50. The molecule has 2 amide bonds. The first kappa shape index (κ1) is 10.3. The average Bonchev–Trinajstić information content (AvgIpc) is 2.10. The topological polar surface area (TPSA) is 52.6 Å². The molecular weight excluding hydrogens is 168 g/mol. The molecule has 0 aliphatic carbocycles. The number of amides is 2. The first-order valence-corrected chi connectivity index (χ1v) is 4.86. The third-order valence-corrected chi connectivity index (χ3v) is 2.53. The molecule has 0 radical (unpaired) electrons. The maximum absolute atomic E-state index is 11.4. The van der Waals surface area contributed by atoms with Crippen LogP contribution in [-0.2, 0) is 0 Å². The molecule has 1 saturated heterocycles. The van der Waals surface area contributed by atoms with Crippen LogP contribution in [0.5, 0.6) is 0 Å². The largest absolute Gasteiger partial charge is 0.391 e. The van der Waals surface area contributed by atoms with E-state index in [0.717, 1.165) is 13.0 Å². The zero-order valence-corrected chi connectivity index (χ0v) is 8.29. The highest BCUT2D eigenvalue weighted by atomic mass is 16.3. The zero-order chi connectivity index (χ0) is 9.84. The summed E-state index contributed by atoms with van der Waals surface area (Å²) >= 11 is 0. The van der Waals surface area contributed by atoms with Crippen molar-refractivity contribution < 1.29 is 9.90 Å². The van der Waals surface area contributed by atoms with Gasteiger partial charge in [-0.25, -0.2) is 4.79 Å². The Morgan fingerprint density at radius 2 is 2.38 bits per heavy atom. The second kappa shape index (κ2) is 4.46. The van der Waals surface area contributed by atoms with E-state index in [-0.39, 0.29) is 12.1 Å². The Morgan fingerprint density at radius 1 is 1.69 bits per heavy atom. The van der Waals surface area contributed by atoms with Gasteiger partial charge in [-0.3, -0.25) is 0 Å². The van der Waals surface area contributed by atoms with Gasteiger partial charge in [0, 0.05) is 19.6 Å². The Balaban J connectivity index is 2.40. The Kier molecular flexibility index (Phi) is 3.54. The van der Waals surface area contributed by atoms with Crippen LogP contribution in [0.25, 0.3) is 0 Å². The van der Waals surface area contributed by atoms with E-state index in [0.29, 0.717) is 19.0 Å². The third-order valence-electron chi connectivity index (χ3n) is 2.53. The van der Waals surface area contributed by atoms with Gasteiger partial charge in [-0.1, -0.05) is 6.92 Å². The predicted molar refractivity (Wildman–Crippen MR) is 50.4 cm³/mol. The minimum Gasteiger partial charge on any atom is -0.391 e. The fourth-order valence-corrected chi connectivity index (χ4v) is 1.50. The van der Waals surface area contributed by atoms with Crippen molar-refractivity contribution in [3.63, 3.8) is 0 Å². The van der Waals surface area contributed by atoms with Gasteiger partial charge < -0.3 is 15.3 Å². The Morgan fingerprint density at radius 3 is 2.92 bits per heavy atom. The summed E-state index contributed by atoms with van der Waals surface area (Å²) in [6, 6.07) is -0.0616. The molecule has 0 spiro atoms. The lowest BCUT2D eigenvalue weighted by atomic mass is 9.96. The van der Waals surface area contributed by atoms with E-state index in [1.165, 1.54) is 0 Å². The Hall–Kier alpha value is -0.770. The molecule has 2 atom stereocenters. The zero-order valence-electron chi connectivity index (χ0n) is 8.29. The minimum atomic E-state index is -0.364. The van der Waals surface area contributed by atoms with Gasteiger partial charge in [-0.15, -0.1) is 0 Å². The first-order chi connectivity index (χ1) is 6.15. The number of nitrogens with zero attached hydrogens (tertiary/aromatic N) is 1. The van der Waals surface area contributed by atoms with Crippen LogP contribution in [0.2, 0.25) is 0 Å². The van der Waals surface area contributed by atoms with Gasteiger partial charge in [0.2, 0.25) is 0 Å². The van der Waals surface area contributed by atoms with Crippen molar-refractivity contribution in [1.82, 2.24) is 10.2 Å². The summed E-state index contributed by atoms with van der Waals surface area (Å²) in [7, 11) is 0. The summed E-state index contributed by atoms with van der Waals surface area (Å²) < 4.78 is 0. The average molecular weight is 186 g/mol. The number of nitrogens with one attached hydrogen (secondary N) is 1. The molecular formula is C9H18N2O2. The number of aliphatic hydroxyl groups excluding tert-OH is 1. The second-order valence-electron chi connectivity index (χ2n) is 3.61. The third kappa shape index (κ3) is 2.59. The number of aliphatic hydroxyl groups is 1. The number of hydrogen-bond donors (Lipinski definition) is 2.